The minimum absolute atomic E-state index is 0. The van der Waals surface area contributed by atoms with Gasteiger partial charge in [0.05, 0.1) is 6.42 Å². The largest absolute Gasteiger partial charge is 1.00 e. The summed E-state index contributed by atoms with van der Waals surface area (Å²) in [5.74, 6) is -64.7. The monoisotopic (exact) mass is 748 g/mol. The third-order valence-corrected chi connectivity index (χ3v) is 5.92. The van der Waals surface area contributed by atoms with E-state index in [1.165, 1.54) is 0 Å². The molecule has 1 atom stereocenters. The van der Waals surface area contributed by atoms with E-state index in [0.717, 1.165) is 0 Å². The quantitative estimate of drug-likeness (QED) is 0.103. The van der Waals surface area contributed by atoms with Crippen LogP contribution in [0.5, 0.6) is 0 Å². The molecule has 0 N–H and O–H groups in total. The molecular formula is C16H9F20NaO7S. The van der Waals surface area contributed by atoms with Gasteiger partial charge in [-0.3, -0.25) is 9.59 Å². The molecule has 0 amide bonds. The minimum Gasteiger partial charge on any atom is -0.747 e. The van der Waals surface area contributed by atoms with Crippen LogP contribution >= 0.6 is 0 Å². The fourth-order valence-corrected chi connectivity index (χ4v) is 2.92. The molecule has 0 aromatic rings. The predicted molar refractivity (Wildman–Crippen MR) is 91.6 cm³/mol. The van der Waals surface area contributed by atoms with Gasteiger partial charge in [0, 0.05) is 0 Å². The maximum atomic E-state index is 13.5. The molecule has 0 saturated heterocycles. The molecule has 0 saturated carbocycles. The molecule has 0 aromatic heterocycles. The van der Waals surface area contributed by atoms with Crippen molar-refractivity contribution in [2.75, 3.05) is 13.2 Å². The molecule has 29 heteroatoms. The van der Waals surface area contributed by atoms with Gasteiger partial charge < -0.3 is 14.0 Å². The zero-order valence-electron chi connectivity index (χ0n) is 20.7. The standard InChI is InChI=1S/C16H10F20O7S.Na/c17-7(18)11(25,26)15(33,34)13(29,30)9(21,22)2-42-5(37)1-4(44(39,40)41)6(38)43-3-10(23,24)14(31,32)16(35,36)12(27,28)8(19)20;/h4,7-8H,1-3H2,(H,39,40,41);/q;+1/p-1. The Hall–Kier alpha value is -1.55. The van der Waals surface area contributed by atoms with Gasteiger partial charge in [0.15, 0.2) is 18.5 Å². The van der Waals surface area contributed by atoms with Crippen LogP contribution in [0.4, 0.5) is 87.8 Å². The number of alkyl halides is 20. The van der Waals surface area contributed by atoms with Crippen LogP contribution in [0.3, 0.4) is 0 Å². The summed E-state index contributed by atoms with van der Waals surface area (Å²) >= 11 is 0. The Morgan fingerprint density at radius 3 is 1.13 bits per heavy atom. The average Bonchev–Trinajstić information content (AvgIpc) is 2.82. The molecule has 45 heavy (non-hydrogen) atoms. The molecule has 0 spiro atoms. The van der Waals surface area contributed by atoms with Crippen LogP contribution < -0.4 is 29.6 Å². The summed E-state index contributed by atoms with van der Waals surface area (Å²) in [5, 5.41) is -4.01. The Kier molecular flexibility index (Phi) is 14.1. The van der Waals surface area contributed by atoms with Crippen molar-refractivity contribution in [1.82, 2.24) is 0 Å². The maximum Gasteiger partial charge on any atom is 1.00 e. The fourth-order valence-electron chi connectivity index (χ4n) is 2.27. The van der Waals surface area contributed by atoms with Crippen LogP contribution in [0.1, 0.15) is 6.42 Å². The van der Waals surface area contributed by atoms with Crippen molar-refractivity contribution < 1.29 is 149 Å². The van der Waals surface area contributed by atoms with Crippen LogP contribution in [0, 0.1) is 0 Å². The van der Waals surface area contributed by atoms with Crippen LogP contribution in [-0.4, -0.2) is 104 Å². The first kappa shape index (κ1) is 45.6. The number of halogens is 20. The second-order valence-electron chi connectivity index (χ2n) is 8.01. The number of hydrogen-bond acceptors (Lipinski definition) is 7. The zero-order chi connectivity index (χ0) is 35.9. The van der Waals surface area contributed by atoms with Gasteiger partial charge in [-0.1, -0.05) is 0 Å². The van der Waals surface area contributed by atoms with E-state index >= 15 is 0 Å². The van der Waals surface area contributed by atoms with E-state index < -0.39 is 107 Å². The molecule has 0 heterocycles. The number of ether oxygens (including phenoxy) is 2. The Morgan fingerprint density at radius 2 is 0.867 bits per heavy atom. The van der Waals surface area contributed by atoms with Crippen molar-refractivity contribution in [3.05, 3.63) is 0 Å². The number of hydrogen-bond donors (Lipinski definition) is 0. The molecule has 0 aromatic carbocycles. The van der Waals surface area contributed by atoms with Crippen molar-refractivity contribution in [2.45, 2.75) is 71.9 Å². The summed E-state index contributed by atoms with van der Waals surface area (Å²) in [4.78, 5) is 23.0. The molecule has 0 bridgehead atoms. The van der Waals surface area contributed by atoms with Gasteiger partial charge in [0.2, 0.25) is 0 Å². The molecule has 0 aliphatic carbocycles. The first-order valence-corrected chi connectivity index (χ1v) is 11.3. The van der Waals surface area contributed by atoms with E-state index in [0.29, 0.717) is 0 Å². The molecule has 0 fully saturated rings. The number of rotatable bonds is 16. The zero-order valence-corrected chi connectivity index (χ0v) is 23.5. The van der Waals surface area contributed by atoms with Gasteiger partial charge in [-0.2, -0.15) is 70.2 Å². The Bertz CT molecular complexity index is 1160. The Morgan fingerprint density at radius 1 is 0.578 bits per heavy atom. The summed E-state index contributed by atoms with van der Waals surface area (Å²) in [6.07, 6.45) is -14.2. The van der Waals surface area contributed by atoms with E-state index in [9.17, 15) is 110 Å². The molecule has 0 aliphatic rings. The van der Waals surface area contributed by atoms with Crippen molar-refractivity contribution >= 4 is 22.1 Å². The SMILES string of the molecule is O=C(CC(C(=O)OCC(F)(F)C(F)(F)C(F)(F)C(F)(F)C(F)F)S(=O)(=O)[O-])OCC(F)(F)C(F)(F)C(F)(F)C(F)(F)C(F)F.[Na+]. The first-order valence-electron chi connectivity index (χ1n) is 9.86. The van der Waals surface area contributed by atoms with Gasteiger partial charge in [-0.05, 0) is 0 Å². The molecule has 7 nitrogen and oxygen atoms in total. The van der Waals surface area contributed by atoms with Crippen molar-refractivity contribution in [3.8, 4) is 0 Å². The van der Waals surface area contributed by atoms with Gasteiger partial charge in [0.25, 0.3) is 0 Å². The Balaban J connectivity index is 0. The average molecular weight is 748 g/mol. The van der Waals surface area contributed by atoms with Crippen molar-refractivity contribution in [1.29, 1.82) is 0 Å². The van der Waals surface area contributed by atoms with Gasteiger partial charge in [0.1, 0.15) is 10.1 Å². The Labute approximate surface area is 256 Å². The van der Waals surface area contributed by atoms with Crippen molar-refractivity contribution in [2.24, 2.45) is 0 Å². The second-order valence-corrected chi connectivity index (χ2v) is 9.56. The number of carbonyl (C=O) groups is 2. The van der Waals surface area contributed by atoms with E-state index in [1.807, 2.05) is 0 Å². The van der Waals surface area contributed by atoms with Crippen LogP contribution in [-0.2, 0) is 29.2 Å². The van der Waals surface area contributed by atoms with Gasteiger partial charge in [-0.25, -0.2) is 26.0 Å². The maximum absolute atomic E-state index is 13.5. The second kappa shape index (κ2) is 13.9. The first-order chi connectivity index (χ1) is 19.0. The fraction of sp³-hybridized carbons (Fsp3) is 0.875. The van der Waals surface area contributed by atoms with E-state index in [4.69, 9.17) is 0 Å². The van der Waals surface area contributed by atoms with Gasteiger partial charge in [-0.15, -0.1) is 0 Å². The molecule has 0 aliphatic heterocycles. The summed E-state index contributed by atoms with van der Waals surface area (Å²) < 4.78 is 299. The summed E-state index contributed by atoms with van der Waals surface area (Å²) in [6.45, 7) is -7.27. The van der Waals surface area contributed by atoms with E-state index in [2.05, 4.69) is 9.47 Å². The summed E-state index contributed by atoms with van der Waals surface area (Å²) in [7, 11) is -6.62. The van der Waals surface area contributed by atoms with Gasteiger partial charge >= 0.3 is 102 Å². The van der Waals surface area contributed by atoms with Crippen LogP contribution in [0.25, 0.3) is 0 Å². The molecule has 1 unspecified atom stereocenters. The predicted octanol–water partition coefficient (Wildman–Crippen LogP) is 1.99. The third kappa shape index (κ3) is 8.49. The summed E-state index contributed by atoms with van der Waals surface area (Å²) in [5.41, 5.74) is 0. The molecule has 0 rings (SSSR count). The van der Waals surface area contributed by atoms with Crippen molar-refractivity contribution in [3.63, 3.8) is 0 Å². The van der Waals surface area contributed by atoms with Crippen LogP contribution in [0.15, 0.2) is 0 Å². The minimum atomic E-state index is -7.67. The van der Waals surface area contributed by atoms with Crippen LogP contribution in [0.2, 0.25) is 0 Å². The number of carbonyl (C=O) groups excluding carboxylic acids is 2. The summed E-state index contributed by atoms with van der Waals surface area (Å²) in [6, 6.07) is 0. The smallest absolute Gasteiger partial charge is 0.747 e. The normalized spacial score (nSPS) is 15.5. The molecule has 262 valence electrons. The van der Waals surface area contributed by atoms with E-state index in [-0.39, 0.29) is 29.6 Å². The topological polar surface area (TPSA) is 110 Å². The number of esters is 2. The van der Waals surface area contributed by atoms with E-state index in [1.54, 1.807) is 0 Å². The molecular weight excluding hydrogens is 739 g/mol. The third-order valence-electron chi connectivity index (χ3n) is 4.87. The molecule has 0 radical (unpaired) electrons.